The maximum Gasteiger partial charge on any atom is 0.273 e. The molecular formula is C24H31N5O3. The second-order valence-corrected chi connectivity index (χ2v) is 8.73. The molecule has 170 valence electrons. The van der Waals surface area contributed by atoms with Crippen LogP contribution in [0.4, 0.5) is 17.2 Å². The largest absolute Gasteiger partial charge is 0.355 e. The highest BCUT2D eigenvalue weighted by molar-refractivity contribution is 5.92. The molecule has 0 bridgehead atoms. The SMILES string of the molecule is O=C(Nc1ccc(N2CCCN(Cc3ccccc3[N+](=O)[O-])CC2)nc1)C1CCCCC1. The number of pyridine rings is 1. The Hall–Kier alpha value is -3.00. The number of hydrogen-bond acceptors (Lipinski definition) is 6. The van der Waals surface area contributed by atoms with Crippen molar-refractivity contribution in [3.05, 3.63) is 58.3 Å². The highest BCUT2D eigenvalue weighted by atomic mass is 16.6. The summed E-state index contributed by atoms with van der Waals surface area (Å²) in [6.07, 6.45) is 8.17. The molecule has 2 heterocycles. The van der Waals surface area contributed by atoms with Gasteiger partial charge in [-0.3, -0.25) is 19.8 Å². The summed E-state index contributed by atoms with van der Waals surface area (Å²) in [5.41, 5.74) is 1.68. The fourth-order valence-electron chi connectivity index (χ4n) is 4.68. The van der Waals surface area contributed by atoms with E-state index in [1.165, 1.54) is 6.42 Å². The van der Waals surface area contributed by atoms with Gasteiger partial charge in [0.1, 0.15) is 5.82 Å². The minimum Gasteiger partial charge on any atom is -0.355 e. The summed E-state index contributed by atoms with van der Waals surface area (Å²) in [6.45, 7) is 3.96. The number of carbonyl (C=O) groups excluding carboxylic acids is 1. The number of nitro groups is 1. The van der Waals surface area contributed by atoms with Gasteiger partial charge in [0.2, 0.25) is 5.91 Å². The van der Waals surface area contributed by atoms with Crippen LogP contribution in [0.1, 0.15) is 44.1 Å². The Bertz CT molecular complexity index is 927. The molecule has 0 radical (unpaired) electrons. The summed E-state index contributed by atoms with van der Waals surface area (Å²) in [5, 5.41) is 14.3. The lowest BCUT2D eigenvalue weighted by Crippen LogP contribution is -2.31. The van der Waals surface area contributed by atoms with Crippen LogP contribution in [0.2, 0.25) is 0 Å². The zero-order valence-corrected chi connectivity index (χ0v) is 18.4. The topological polar surface area (TPSA) is 91.6 Å². The Labute approximate surface area is 188 Å². The first kappa shape index (κ1) is 22.2. The van der Waals surface area contributed by atoms with Gasteiger partial charge in [0.25, 0.3) is 5.69 Å². The van der Waals surface area contributed by atoms with Crippen molar-refractivity contribution in [3.8, 4) is 0 Å². The highest BCUT2D eigenvalue weighted by Gasteiger charge is 2.22. The number of carbonyl (C=O) groups is 1. The van der Waals surface area contributed by atoms with E-state index < -0.39 is 0 Å². The van der Waals surface area contributed by atoms with Crippen LogP contribution in [0.3, 0.4) is 0 Å². The molecule has 1 aliphatic carbocycles. The van der Waals surface area contributed by atoms with Crippen molar-refractivity contribution >= 4 is 23.1 Å². The molecule has 1 aliphatic heterocycles. The standard InChI is InChI=1S/C24H31N5O3/c30-24(19-7-2-1-3-8-19)26-21-11-12-23(25-17-21)28-14-6-13-27(15-16-28)18-20-9-4-5-10-22(20)29(31)32/h4-5,9-12,17,19H,1-3,6-8,13-16,18H2,(H,26,30). The van der Waals surface area contributed by atoms with E-state index in [0.29, 0.717) is 6.54 Å². The number of para-hydroxylation sites is 1. The van der Waals surface area contributed by atoms with Gasteiger partial charge in [0.15, 0.2) is 0 Å². The normalized spacial score (nSPS) is 18.2. The fraction of sp³-hybridized carbons (Fsp3) is 0.500. The van der Waals surface area contributed by atoms with Gasteiger partial charge in [-0.1, -0.05) is 37.5 Å². The summed E-state index contributed by atoms with van der Waals surface area (Å²) in [6, 6.07) is 10.9. The molecule has 0 atom stereocenters. The number of anilines is 2. The van der Waals surface area contributed by atoms with Crippen LogP contribution in [0.25, 0.3) is 0 Å². The van der Waals surface area contributed by atoms with E-state index in [0.717, 1.165) is 75.4 Å². The average Bonchev–Trinajstić information content (AvgIpc) is 3.06. The summed E-state index contributed by atoms with van der Waals surface area (Å²) in [4.78, 5) is 32.5. The van der Waals surface area contributed by atoms with Gasteiger partial charge in [0.05, 0.1) is 16.8 Å². The highest BCUT2D eigenvalue weighted by Crippen LogP contribution is 2.25. The molecule has 2 aliphatic rings. The van der Waals surface area contributed by atoms with Gasteiger partial charge >= 0.3 is 0 Å². The van der Waals surface area contributed by atoms with Gasteiger partial charge in [0, 0.05) is 50.3 Å². The second kappa shape index (κ2) is 10.5. The van der Waals surface area contributed by atoms with Crippen molar-refractivity contribution in [1.82, 2.24) is 9.88 Å². The van der Waals surface area contributed by atoms with Crippen LogP contribution in [0, 0.1) is 16.0 Å². The van der Waals surface area contributed by atoms with Crippen molar-refractivity contribution in [2.75, 3.05) is 36.4 Å². The molecule has 0 spiro atoms. The first-order valence-electron chi connectivity index (χ1n) is 11.6. The summed E-state index contributed by atoms with van der Waals surface area (Å²) in [5.74, 6) is 1.13. The number of amides is 1. The molecule has 1 N–H and O–H groups in total. The zero-order valence-electron chi connectivity index (χ0n) is 18.4. The lowest BCUT2D eigenvalue weighted by Gasteiger charge is -2.23. The monoisotopic (exact) mass is 437 g/mol. The van der Waals surface area contributed by atoms with Crippen molar-refractivity contribution < 1.29 is 9.72 Å². The van der Waals surface area contributed by atoms with Crippen LogP contribution in [0.15, 0.2) is 42.6 Å². The van der Waals surface area contributed by atoms with E-state index in [1.54, 1.807) is 18.3 Å². The second-order valence-electron chi connectivity index (χ2n) is 8.73. The molecule has 4 rings (SSSR count). The number of rotatable bonds is 6. The number of nitrogens with one attached hydrogen (secondary N) is 1. The molecule has 1 aromatic heterocycles. The van der Waals surface area contributed by atoms with Crippen LogP contribution < -0.4 is 10.2 Å². The van der Waals surface area contributed by atoms with E-state index in [4.69, 9.17) is 0 Å². The molecule has 1 saturated carbocycles. The number of nitrogens with zero attached hydrogens (tertiary/aromatic N) is 4. The zero-order chi connectivity index (χ0) is 22.3. The average molecular weight is 438 g/mol. The maximum atomic E-state index is 12.5. The maximum absolute atomic E-state index is 12.5. The van der Waals surface area contributed by atoms with E-state index in [1.807, 2.05) is 24.3 Å². The Morgan fingerprint density at radius 3 is 2.59 bits per heavy atom. The van der Waals surface area contributed by atoms with E-state index in [9.17, 15) is 14.9 Å². The summed E-state index contributed by atoms with van der Waals surface area (Å²) in [7, 11) is 0. The molecule has 8 heteroatoms. The lowest BCUT2D eigenvalue weighted by atomic mass is 9.88. The predicted octanol–water partition coefficient (Wildman–Crippen LogP) is 4.22. The Morgan fingerprint density at radius 2 is 1.84 bits per heavy atom. The van der Waals surface area contributed by atoms with Gasteiger partial charge in [-0.05, 0) is 31.4 Å². The van der Waals surface area contributed by atoms with Crippen molar-refractivity contribution in [1.29, 1.82) is 0 Å². The van der Waals surface area contributed by atoms with Crippen LogP contribution in [0.5, 0.6) is 0 Å². The molecule has 2 fully saturated rings. The van der Waals surface area contributed by atoms with Crippen LogP contribution >= 0.6 is 0 Å². The number of nitro benzene ring substituents is 1. The van der Waals surface area contributed by atoms with Crippen LogP contribution in [-0.2, 0) is 11.3 Å². The third-order valence-corrected chi connectivity index (χ3v) is 6.49. The third kappa shape index (κ3) is 5.62. The van der Waals surface area contributed by atoms with Gasteiger partial charge in [-0.2, -0.15) is 0 Å². The van der Waals surface area contributed by atoms with Gasteiger partial charge < -0.3 is 10.2 Å². The Morgan fingerprint density at radius 1 is 1.03 bits per heavy atom. The van der Waals surface area contributed by atoms with Crippen molar-refractivity contribution in [2.45, 2.75) is 45.1 Å². The molecule has 1 aromatic carbocycles. The smallest absolute Gasteiger partial charge is 0.273 e. The molecular weight excluding hydrogens is 406 g/mol. The predicted molar refractivity (Wildman–Crippen MR) is 125 cm³/mol. The van der Waals surface area contributed by atoms with Gasteiger partial charge in [-0.15, -0.1) is 0 Å². The molecule has 0 unspecified atom stereocenters. The minimum atomic E-state index is -0.308. The molecule has 1 amide bonds. The van der Waals surface area contributed by atoms with Crippen molar-refractivity contribution in [3.63, 3.8) is 0 Å². The first-order chi connectivity index (χ1) is 15.6. The van der Waals surface area contributed by atoms with Crippen LogP contribution in [-0.4, -0.2) is 46.9 Å². The molecule has 32 heavy (non-hydrogen) atoms. The number of benzene rings is 1. The Balaban J connectivity index is 1.32. The third-order valence-electron chi connectivity index (χ3n) is 6.49. The fourth-order valence-corrected chi connectivity index (χ4v) is 4.68. The molecule has 1 saturated heterocycles. The summed E-state index contributed by atoms with van der Waals surface area (Å²) >= 11 is 0. The van der Waals surface area contributed by atoms with Gasteiger partial charge in [-0.25, -0.2) is 4.98 Å². The van der Waals surface area contributed by atoms with Crippen molar-refractivity contribution in [2.24, 2.45) is 5.92 Å². The Kier molecular flexibility index (Phi) is 7.32. The minimum absolute atomic E-state index is 0.111. The van der Waals surface area contributed by atoms with E-state index in [2.05, 4.69) is 20.1 Å². The van der Waals surface area contributed by atoms with E-state index >= 15 is 0 Å². The lowest BCUT2D eigenvalue weighted by molar-refractivity contribution is -0.385. The molecule has 8 nitrogen and oxygen atoms in total. The first-order valence-corrected chi connectivity index (χ1v) is 11.6. The summed E-state index contributed by atoms with van der Waals surface area (Å²) < 4.78 is 0. The number of aromatic nitrogens is 1. The molecule has 2 aromatic rings. The van der Waals surface area contributed by atoms with E-state index in [-0.39, 0.29) is 22.4 Å². The number of hydrogen-bond donors (Lipinski definition) is 1. The quantitative estimate of drug-likeness (QED) is 0.537.